The normalized spacial score (nSPS) is 16.9. The molecular weight excluding hydrogens is 340 g/mol. The Balaban J connectivity index is 1.42. The van der Waals surface area contributed by atoms with Gasteiger partial charge in [0, 0.05) is 37.5 Å². The van der Waals surface area contributed by atoms with Crippen molar-refractivity contribution in [2.75, 3.05) is 32.7 Å². The van der Waals surface area contributed by atoms with Gasteiger partial charge in [-0.2, -0.15) is 5.26 Å². The lowest BCUT2D eigenvalue weighted by molar-refractivity contribution is 0.0724. The van der Waals surface area contributed by atoms with Crippen molar-refractivity contribution in [2.45, 2.75) is 19.3 Å². The molecule has 0 unspecified atom stereocenters. The summed E-state index contributed by atoms with van der Waals surface area (Å²) in [5.41, 5.74) is 2.28. The summed E-state index contributed by atoms with van der Waals surface area (Å²) < 4.78 is 5.77. The Labute approximate surface area is 159 Å². The summed E-state index contributed by atoms with van der Waals surface area (Å²) in [5, 5.41) is 8.83. The Morgan fingerprint density at radius 3 is 2.70 bits per heavy atom. The first kappa shape index (κ1) is 17.5. The third-order valence-electron chi connectivity index (χ3n) is 5.22. The first-order valence-electron chi connectivity index (χ1n) is 9.41. The highest BCUT2D eigenvalue weighted by Crippen LogP contribution is 2.26. The minimum Gasteiger partial charge on any atom is -0.439 e. The van der Waals surface area contributed by atoms with E-state index >= 15 is 0 Å². The Hall–Kier alpha value is -2.91. The maximum atomic E-state index is 12.8. The van der Waals surface area contributed by atoms with Crippen molar-refractivity contribution in [2.24, 2.45) is 0 Å². The number of hydrogen-bond donors (Lipinski definition) is 0. The summed E-state index contributed by atoms with van der Waals surface area (Å²) in [5.74, 6) is 1.20. The SMILES string of the molecule is N#Cc1ccc(Oc2ccc3c(c2)CCN(CCN2CCCC2)C3=O)nc1. The Bertz CT molecular complexity index is 867. The van der Waals surface area contributed by atoms with E-state index in [9.17, 15) is 4.79 Å². The van der Waals surface area contributed by atoms with Gasteiger partial charge >= 0.3 is 0 Å². The Morgan fingerprint density at radius 1 is 1.11 bits per heavy atom. The van der Waals surface area contributed by atoms with Crippen molar-refractivity contribution in [3.8, 4) is 17.7 Å². The molecule has 0 aliphatic carbocycles. The van der Waals surface area contributed by atoms with E-state index in [2.05, 4.69) is 9.88 Å². The Morgan fingerprint density at radius 2 is 1.96 bits per heavy atom. The van der Waals surface area contributed by atoms with Crippen LogP contribution in [0.5, 0.6) is 11.6 Å². The summed E-state index contributed by atoms with van der Waals surface area (Å²) in [6, 6.07) is 10.9. The number of carbonyl (C=O) groups excluding carboxylic acids is 1. The molecule has 1 amide bonds. The highest BCUT2D eigenvalue weighted by Gasteiger charge is 2.25. The zero-order valence-corrected chi connectivity index (χ0v) is 15.2. The van der Waals surface area contributed by atoms with E-state index < -0.39 is 0 Å². The zero-order chi connectivity index (χ0) is 18.6. The molecule has 27 heavy (non-hydrogen) atoms. The van der Waals surface area contributed by atoms with Crippen LogP contribution in [0, 0.1) is 11.3 Å². The van der Waals surface area contributed by atoms with Crippen LogP contribution in [-0.2, 0) is 6.42 Å². The van der Waals surface area contributed by atoms with Gasteiger partial charge in [-0.25, -0.2) is 4.98 Å². The van der Waals surface area contributed by atoms with Gasteiger partial charge in [0.05, 0.1) is 5.56 Å². The van der Waals surface area contributed by atoms with E-state index in [0.29, 0.717) is 17.2 Å². The minimum atomic E-state index is 0.110. The highest BCUT2D eigenvalue weighted by atomic mass is 16.5. The minimum absolute atomic E-state index is 0.110. The number of carbonyl (C=O) groups is 1. The van der Waals surface area contributed by atoms with E-state index in [1.54, 1.807) is 18.2 Å². The van der Waals surface area contributed by atoms with E-state index in [-0.39, 0.29) is 5.91 Å². The lowest BCUT2D eigenvalue weighted by Crippen LogP contribution is -2.42. The van der Waals surface area contributed by atoms with Crippen LogP contribution in [0.1, 0.15) is 34.3 Å². The molecule has 6 heteroatoms. The van der Waals surface area contributed by atoms with Gasteiger partial charge in [0.2, 0.25) is 5.88 Å². The predicted molar refractivity (Wildman–Crippen MR) is 101 cm³/mol. The number of nitriles is 1. The van der Waals surface area contributed by atoms with Gasteiger partial charge in [-0.15, -0.1) is 0 Å². The molecule has 138 valence electrons. The van der Waals surface area contributed by atoms with E-state index in [1.807, 2.05) is 23.1 Å². The first-order valence-corrected chi connectivity index (χ1v) is 9.41. The topological polar surface area (TPSA) is 69.5 Å². The molecule has 1 saturated heterocycles. The molecule has 0 saturated carbocycles. The molecule has 2 aliphatic rings. The van der Waals surface area contributed by atoms with Crippen molar-refractivity contribution < 1.29 is 9.53 Å². The number of likely N-dealkylation sites (tertiary alicyclic amines) is 1. The Kier molecular flexibility index (Phi) is 5.03. The number of rotatable bonds is 5. The number of hydrogen-bond acceptors (Lipinski definition) is 5. The van der Waals surface area contributed by atoms with Gasteiger partial charge < -0.3 is 14.5 Å². The van der Waals surface area contributed by atoms with Crippen molar-refractivity contribution in [3.05, 3.63) is 53.2 Å². The molecule has 0 atom stereocenters. The van der Waals surface area contributed by atoms with Crippen LogP contribution in [0.2, 0.25) is 0 Å². The smallest absolute Gasteiger partial charge is 0.254 e. The third-order valence-corrected chi connectivity index (χ3v) is 5.22. The number of amides is 1. The predicted octanol–water partition coefficient (Wildman–Crippen LogP) is 2.84. The zero-order valence-electron chi connectivity index (χ0n) is 15.2. The molecule has 4 rings (SSSR count). The van der Waals surface area contributed by atoms with Crippen LogP contribution in [0.15, 0.2) is 36.5 Å². The van der Waals surface area contributed by atoms with Crippen LogP contribution in [0.25, 0.3) is 0 Å². The number of fused-ring (bicyclic) bond motifs is 1. The fraction of sp³-hybridized carbons (Fsp3) is 0.381. The van der Waals surface area contributed by atoms with Crippen LogP contribution < -0.4 is 4.74 Å². The van der Waals surface area contributed by atoms with Gasteiger partial charge in [-0.1, -0.05) is 0 Å². The maximum Gasteiger partial charge on any atom is 0.254 e. The first-order chi connectivity index (χ1) is 13.2. The number of nitrogens with zero attached hydrogens (tertiary/aromatic N) is 4. The lowest BCUT2D eigenvalue weighted by atomic mass is 9.98. The van der Waals surface area contributed by atoms with Gasteiger partial charge in [0.15, 0.2) is 0 Å². The molecule has 0 bridgehead atoms. The van der Waals surface area contributed by atoms with Crippen LogP contribution in [0.4, 0.5) is 0 Å². The molecule has 6 nitrogen and oxygen atoms in total. The molecule has 1 aromatic heterocycles. The second kappa shape index (κ2) is 7.77. The molecule has 2 aromatic rings. The quantitative estimate of drug-likeness (QED) is 0.818. The second-order valence-electron chi connectivity index (χ2n) is 7.01. The number of ether oxygens (including phenoxy) is 1. The maximum absolute atomic E-state index is 12.8. The molecule has 1 fully saturated rings. The summed E-state index contributed by atoms with van der Waals surface area (Å²) in [4.78, 5) is 21.3. The average molecular weight is 362 g/mol. The summed E-state index contributed by atoms with van der Waals surface area (Å²) in [6.07, 6.45) is 4.86. The average Bonchev–Trinajstić information content (AvgIpc) is 3.22. The van der Waals surface area contributed by atoms with Gasteiger partial charge in [-0.05, 0) is 62.2 Å². The lowest BCUT2D eigenvalue weighted by Gasteiger charge is -2.30. The summed E-state index contributed by atoms with van der Waals surface area (Å²) in [7, 11) is 0. The molecule has 0 N–H and O–H groups in total. The molecule has 0 radical (unpaired) electrons. The van der Waals surface area contributed by atoms with Gasteiger partial charge in [-0.3, -0.25) is 4.79 Å². The summed E-state index contributed by atoms with van der Waals surface area (Å²) in [6.45, 7) is 4.82. The number of pyridine rings is 1. The molecule has 3 heterocycles. The van der Waals surface area contributed by atoms with Gasteiger partial charge in [0.25, 0.3) is 5.91 Å². The number of benzene rings is 1. The van der Waals surface area contributed by atoms with Crippen molar-refractivity contribution in [3.63, 3.8) is 0 Å². The second-order valence-corrected chi connectivity index (χ2v) is 7.01. The van der Waals surface area contributed by atoms with E-state index in [4.69, 9.17) is 10.00 Å². The third kappa shape index (κ3) is 3.93. The van der Waals surface area contributed by atoms with E-state index in [0.717, 1.165) is 50.3 Å². The van der Waals surface area contributed by atoms with Crippen LogP contribution in [0.3, 0.4) is 0 Å². The van der Waals surface area contributed by atoms with Crippen molar-refractivity contribution in [1.29, 1.82) is 5.26 Å². The van der Waals surface area contributed by atoms with Crippen molar-refractivity contribution >= 4 is 5.91 Å². The van der Waals surface area contributed by atoms with Crippen LogP contribution in [-0.4, -0.2) is 53.4 Å². The molecule has 2 aliphatic heterocycles. The largest absolute Gasteiger partial charge is 0.439 e. The fourth-order valence-corrected chi connectivity index (χ4v) is 3.69. The molecule has 1 aromatic carbocycles. The van der Waals surface area contributed by atoms with Gasteiger partial charge in [0.1, 0.15) is 11.8 Å². The molecule has 0 spiro atoms. The highest BCUT2D eigenvalue weighted by molar-refractivity contribution is 5.97. The molecular formula is C21H22N4O2. The van der Waals surface area contributed by atoms with E-state index in [1.165, 1.54) is 19.0 Å². The van der Waals surface area contributed by atoms with Crippen molar-refractivity contribution in [1.82, 2.24) is 14.8 Å². The fourth-order valence-electron chi connectivity index (χ4n) is 3.69. The van der Waals surface area contributed by atoms with Crippen LogP contribution >= 0.6 is 0 Å². The standard InChI is InChI=1S/C21H22N4O2/c22-14-16-3-6-20(23-15-16)27-18-4-5-19-17(13-18)7-10-25(21(19)26)12-11-24-8-1-2-9-24/h3-6,13,15H,1-2,7-12H2. The summed E-state index contributed by atoms with van der Waals surface area (Å²) >= 11 is 0. The monoisotopic (exact) mass is 362 g/mol. The number of aromatic nitrogens is 1.